The molecule has 1 N–H and O–H groups in total. The molecule has 1 aliphatic carbocycles. The molecule has 1 fully saturated rings. The van der Waals surface area contributed by atoms with Gasteiger partial charge >= 0.3 is 0 Å². The number of ether oxygens (including phenoxy) is 1. The first-order valence-electron chi connectivity index (χ1n) is 5.92. The highest BCUT2D eigenvalue weighted by molar-refractivity contribution is 5.12. The van der Waals surface area contributed by atoms with Crippen LogP contribution in [0.1, 0.15) is 46.5 Å². The van der Waals surface area contributed by atoms with Crippen LogP contribution in [0.5, 0.6) is 0 Å². The summed E-state index contributed by atoms with van der Waals surface area (Å²) < 4.78 is 5.70. The number of rotatable bonds is 5. The third-order valence-electron chi connectivity index (χ3n) is 2.81. The van der Waals surface area contributed by atoms with Crippen molar-refractivity contribution in [3.8, 4) is 6.07 Å². The van der Waals surface area contributed by atoms with Gasteiger partial charge in [0, 0.05) is 19.1 Å². The molecule has 0 heterocycles. The highest BCUT2D eigenvalue weighted by atomic mass is 16.5. The summed E-state index contributed by atoms with van der Waals surface area (Å²) >= 11 is 0. The minimum atomic E-state index is -0.341. The molecule has 0 aromatic rings. The number of nitrogens with one attached hydrogen (secondary N) is 1. The Morgan fingerprint density at radius 3 is 2.87 bits per heavy atom. The number of hydrogen-bond acceptors (Lipinski definition) is 3. The van der Waals surface area contributed by atoms with Gasteiger partial charge in [-0.2, -0.15) is 5.26 Å². The second-order valence-electron chi connectivity index (χ2n) is 4.73. The number of nitrogens with zero attached hydrogens (tertiary/aromatic N) is 1. The van der Waals surface area contributed by atoms with Gasteiger partial charge in [-0.1, -0.05) is 6.92 Å². The van der Waals surface area contributed by atoms with Crippen LogP contribution in [0.15, 0.2) is 0 Å². The average molecular weight is 210 g/mol. The van der Waals surface area contributed by atoms with Crippen LogP contribution in [0.25, 0.3) is 0 Å². The highest BCUT2D eigenvalue weighted by Crippen LogP contribution is 2.31. The molecule has 86 valence electrons. The highest BCUT2D eigenvalue weighted by Gasteiger charge is 2.40. The summed E-state index contributed by atoms with van der Waals surface area (Å²) in [6.07, 6.45) is 4.08. The molecule has 0 amide bonds. The Morgan fingerprint density at radius 1 is 1.60 bits per heavy atom. The van der Waals surface area contributed by atoms with Crippen molar-refractivity contribution in [1.29, 1.82) is 5.26 Å². The summed E-state index contributed by atoms with van der Waals surface area (Å²) in [5.74, 6) is 0. The lowest BCUT2D eigenvalue weighted by atomic mass is 9.98. The Kier molecular flexibility index (Phi) is 4.56. The van der Waals surface area contributed by atoms with Crippen molar-refractivity contribution in [3.63, 3.8) is 0 Å². The van der Waals surface area contributed by atoms with E-state index in [2.05, 4.69) is 32.2 Å². The van der Waals surface area contributed by atoms with Crippen molar-refractivity contribution in [2.75, 3.05) is 6.61 Å². The summed E-state index contributed by atoms with van der Waals surface area (Å²) in [6.45, 7) is 7.09. The zero-order chi connectivity index (χ0) is 11.3. The normalized spacial score (nSPS) is 30.7. The van der Waals surface area contributed by atoms with Gasteiger partial charge in [-0.3, -0.25) is 5.32 Å². The lowest BCUT2D eigenvalue weighted by molar-refractivity contribution is 0.0548. The molecule has 3 nitrogen and oxygen atoms in total. The third-order valence-corrected chi connectivity index (χ3v) is 2.81. The average Bonchev–Trinajstić information content (AvgIpc) is 2.58. The van der Waals surface area contributed by atoms with Gasteiger partial charge in [-0.05, 0) is 33.1 Å². The maximum Gasteiger partial charge on any atom is 0.109 e. The predicted molar refractivity (Wildman–Crippen MR) is 60.5 cm³/mol. The smallest absolute Gasteiger partial charge is 0.109 e. The lowest BCUT2D eigenvalue weighted by Crippen LogP contribution is -2.45. The van der Waals surface area contributed by atoms with Crippen molar-refractivity contribution < 1.29 is 4.74 Å². The summed E-state index contributed by atoms with van der Waals surface area (Å²) in [5.41, 5.74) is -0.341. The van der Waals surface area contributed by atoms with Gasteiger partial charge in [-0.25, -0.2) is 0 Å². The molecule has 0 aliphatic heterocycles. The second kappa shape index (κ2) is 5.48. The van der Waals surface area contributed by atoms with Crippen LogP contribution in [0.4, 0.5) is 0 Å². The first kappa shape index (κ1) is 12.5. The predicted octanol–water partition coefficient (Wildman–Crippen LogP) is 2.23. The van der Waals surface area contributed by atoms with E-state index < -0.39 is 0 Å². The number of hydrogen-bond donors (Lipinski definition) is 1. The van der Waals surface area contributed by atoms with Crippen molar-refractivity contribution >= 4 is 0 Å². The molecule has 0 aromatic carbocycles. The van der Waals surface area contributed by atoms with E-state index >= 15 is 0 Å². The van der Waals surface area contributed by atoms with E-state index in [9.17, 15) is 5.26 Å². The summed E-state index contributed by atoms with van der Waals surface area (Å²) in [6, 6.07) is 2.78. The lowest BCUT2D eigenvalue weighted by Gasteiger charge is -2.25. The molecule has 3 heteroatoms. The fourth-order valence-corrected chi connectivity index (χ4v) is 2.24. The minimum absolute atomic E-state index is 0.274. The van der Waals surface area contributed by atoms with Crippen LogP contribution in [-0.2, 0) is 4.74 Å². The van der Waals surface area contributed by atoms with Gasteiger partial charge < -0.3 is 4.74 Å². The Hall–Kier alpha value is -0.590. The third kappa shape index (κ3) is 3.48. The van der Waals surface area contributed by atoms with E-state index in [4.69, 9.17) is 4.74 Å². The van der Waals surface area contributed by atoms with Crippen molar-refractivity contribution in [3.05, 3.63) is 0 Å². The van der Waals surface area contributed by atoms with E-state index in [-0.39, 0.29) is 11.6 Å². The van der Waals surface area contributed by atoms with Gasteiger partial charge in [0.2, 0.25) is 0 Å². The molecule has 0 radical (unpaired) electrons. The molecule has 15 heavy (non-hydrogen) atoms. The molecule has 0 saturated heterocycles. The summed E-state index contributed by atoms with van der Waals surface area (Å²) in [7, 11) is 0. The van der Waals surface area contributed by atoms with Gasteiger partial charge in [0.1, 0.15) is 5.54 Å². The minimum Gasteiger partial charge on any atom is -0.378 e. The Bertz CT molecular complexity index is 234. The number of nitriles is 1. The van der Waals surface area contributed by atoms with Crippen molar-refractivity contribution in [2.24, 2.45) is 0 Å². The molecule has 1 saturated carbocycles. The molecule has 2 unspecified atom stereocenters. The zero-order valence-electron chi connectivity index (χ0n) is 10.0. The molecular weight excluding hydrogens is 188 g/mol. The van der Waals surface area contributed by atoms with E-state index in [1.54, 1.807) is 0 Å². The molecule has 0 spiro atoms. The van der Waals surface area contributed by atoms with Crippen LogP contribution < -0.4 is 5.32 Å². The molecular formula is C12H22N2O. The van der Waals surface area contributed by atoms with E-state index in [1.165, 1.54) is 0 Å². The zero-order valence-corrected chi connectivity index (χ0v) is 10.0. The van der Waals surface area contributed by atoms with Crippen LogP contribution in [0, 0.1) is 11.3 Å². The van der Waals surface area contributed by atoms with Crippen LogP contribution in [-0.4, -0.2) is 24.3 Å². The van der Waals surface area contributed by atoms with Crippen LogP contribution in [0.3, 0.4) is 0 Å². The van der Waals surface area contributed by atoms with Crippen molar-refractivity contribution in [1.82, 2.24) is 5.32 Å². The first-order valence-corrected chi connectivity index (χ1v) is 5.92. The Morgan fingerprint density at radius 2 is 2.33 bits per heavy atom. The van der Waals surface area contributed by atoms with E-state index in [0.29, 0.717) is 6.04 Å². The monoisotopic (exact) mass is 210 g/mol. The maximum absolute atomic E-state index is 9.24. The van der Waals surface area contributed by atoms with Gasteiger partial charge in [0.25, 0.3) is 0 Å². The topological polar surface area (TPSA) is 45.0 Å². The molecule has 0 bridgehead atoms. The standard InChI is InChI=1S/C12H22N2O/c1-4-7-15-11-5-6-12(8-11,9-13)14-10(2)3/h10-11,14H,4-8H2,1-3H3. The van der Waals surface area contributed by atoms with Crippen molar-refractivity contribution in [2.45, 2.75) is 64.1 Å². The largest absolute Gasteiger partial charge is 0.378 e. The Labute approximate surface area is 92.8 Å². The summed E-state index contributed by atoms with van der Waals surface area (Å²) in [4.78, 5) is 0. The maximum atomic E-state index is 9.24. The first-order chi connectivity index (χ1) is 7.12. The molecule has 0 aromatic heterocycles. The second-order valence-corrected chi connectivity index (χ2v) is 4.73. The van der Waals surface area contributed by atoms with E-state index in [1.807, 2.05) is 0 Å². The van der Waals surface area contributed by atoms with E-state index in [0.717, 1.165) is 32.3 Å². The SMILES string of the molecule is CCCOC1CCC(C#N)(NC(C)C)C1. The quantitative estimate of drug-likeness (QED) is 0.756. The molecule has 1 rings (SSSR count). The fraction of sp³-hybridized carbons (Fsp3) is 0.917. The van der Waals surface area contributed by atoms with Gasteiger partial charge in [0.15, 0.2) is 0 Å². The fourth-order valence-electron chi connectivity index (χ4n) is 2.24. The Balaban J connectivity index is 2.46. The van der Waals surface area contributed by atoms with Crippen LogP contribution >= 0.6 is 0 Å². The van der Waals surface area contributed by atoms with Gasteiger partial charge in [0.05, 0.1) is 12.2 Å². The molecule has 2 atom stereocenters. The van der Waals surface area contributed by atoms with Crippen LogP contribution in [0.2, 0.25) is 0 Å². The molecule has 1 aliphatic rings. The van der Waals surface area contributed by atoms with Gasteiger partial charge in [-0.15, -0.1) is 0 Å². The summed E-state index contributed by atoms with van der Waals surface area (Å²) in [5, 5.41) is 12.6.